The molecule has 1 atom stereocenters. The predicted octanol–water partition coefficient (Wildman–Crippen LogP) is 3.12. The van der Waals surface area contributed by atoms with Crippen LogP contribution in [0.2, 0.25) is 0 Å². The van der Waals surface area contributed by atoms with E-state index in [9.17, 15) is 9.59 Å². The van der Waals surface area contributed by atoms with Crippen LogP contribution in [-0.4, -0.2) is 49.6 Å². The number of aryl methyl sites for hydroxylation is 1. The number of piperidine rings is 1. The highest BCUT2D eigenvalue weighted by Crippen LogP contribution is 2.31. The minimum absolute atomic E-state index is 0.00701. The summed E-state index contributed by atoms with van der Waals surface area (Å²) in [5.74, 6) is 0.496. The quantitative estimate of drug-likeness (QED) is 0.798. The number of nitrogens with zero attached hydrogens (tertiary/aromatic N) is 1. The van der Waals surface area contributed by atoms with Crippen LogP contribution in [0.15, 0.2) is 48.5 Å². The zero-order valence-corrected chi connectivity index (χ0v) is 17.3. The summed E-state index contributed by atoms with van der Waals surface area (Å²) in [7, 11) is 1.53. The van der Waals surface area contributed by atoms with E-state index < -0.39 is 0 Å². The number of carbonyl (C=O) groups is 2. The molecule has 1 heterocycles. The number of methoxy groups -OCH3 is 1. The fourth-order valence-electron chi connectivity index (χ4n) is 4.32. The van der Waals surface area contributed by atoms with Crippen molar-refractivity contribution in [2.24, 2.45) is 0 Å². The maximum atomic E-state index is 13.0. The van der Waals surface area contributed by atoms with E-state index in [-0.39, 0.29) is 30.6 Å². The Bertz CT molecular complexity index is 906. The van der Waals surface area contributed by atoms with Gasteiger partial charge >= 0.3 is 0 Å². The third kappa shape index (κ3) is 4.49. The lowest BCUT2D eigenvalue weighted by atomic mass is 10.1. The number of carbonyl (C=O) groups excluding carboxylic acids is 2. The van der Waals surface area contributed by atoms with Gasteiger partial charge in [-0.2, -0.15) is 0 Å². The minimum Gasteiger partial charge on any atom is -0.489 e. The van der Waals surface area contributed by atoms with Crippen molar-refractivity contribution in [1.29, 1.82) is 0 Å². The molecule has 158 valence electrons. The average Bonchev–Trinajstić information content (AvgIpc) is 3.17. The minimum atomic E-state index is -0.111. The summed E-state index contributed by atoms with van der Waals surface area (Å²) < 4.78 is 11.1. The number of hydrogen-bond donors (Lipinski definition) is 1. The van der Waals surface area contributed by atoms with E-state index in [4.69, 9.17) is 9.47 Å². The Labute approximate surface area is 177 Å². The summed E-state index contributed by atoms with van der Waals surface area (Å²) >= 11 is 0. The van der Waals surface area contributed by atoms with Gasteiger partial charge in [-0.1, -0.05) is 36.4 Å². The topological polar surface area (TPSA) is 67.9 Å². The largest absolute Gasteiger partial charge is 0.489 e. The van der Waals surface area contributed by atoms with Crippen LogP contribution in [-0.2, 0) is 16.0 Å². The molecule has 0 spiro atoms. The third-order valence-corrected chi connectivity index (χ3v) is 5.93. The van der Waals surface area contributed by atoms with E-state index in [0.29, 0.717) is 24.4 Å². The van der Waals surface area contributed by atoms with Crippen LogP contribution in [0.1, 0.15) is 46.8 Å². The summed E-state index contributed by atoms with van der Waals surface area (Å²) in [4.78, 5) is 26.8. The Morgan fingerprint density at radius 2 is 1.77 bits per heavy atom. The van der Waals surface area contributed by atoms with Gasteiger partial charge in [-0.15, -0.1) is 0 Å². The molecule has 6 nitrogen and oxygen atoms in total. The van der Waals surface area contributed by atoms with Crippen molar-refractivity contribution in [3.05, 3.63) is 65.2 Å². The summed E-state index contributed by atoms with van der Waals surface area (Å²) in [6, 6.07) is 15.7. The second kappa shape index (κ2) is 9.30. The normalized spacial score (nSPS) is 18.7. The molecule has 2 aromatic carbocycles. The van der Waals surface area contributed by atoms with E-state index in [1.54, 1.807) is 4.90 Å². The number of likely N-dealkylation sites (tertiary alicyclic amines) is 1. The van der Waals surface area contributed by atoms with Crippen LogP contribution < -0.4 is 10.1 Å². The molecule has 2 aromatic rings. The average molecular weight is 408 g/mol. The molecular formula is C24H28N2O4. The van der Waals surface area contributed by atoms with Gasteiger partial charge in [0.2, 0.25) is 5.91 Å². The summed E-state index contributed by atoms with van der Waals surface area (Å²) in [5, 5.41) is 3.18. The van der Waals surface area contributed by atoms with Gasteiger partial charge in [0.25, 0.3) is 5.91 Å². The third-order valence-electron chi connectivity index (χ3n) is 5.93. The Kier molecular flexibility index (Phi) is 6.33. The fraction of sp³-hybridized carbons (Fsp3) is 0.417. The van der Waals surface area contributed by atoms with Gasteiger partial charge in [0, 0.05) is 33.0 Å². The summed E-state index contributed by atoms with van der Waals surface area (Å²) in [6.07, 6.45) is 3.36. The molecule has 0 radical (unpaired) electrons. The SMILES string of the molecule is COCC(=O)N1CCC(Oc2ccccc2C(=O)N[C@@H]2CCc3ccccc32)CC1. The molecule has 2 amide bonds. The molecule has 1 saturated heterocycles. The van der Waals surface area contributed by atoms with Gasteiger partial charge < -0.3 is 19.7 Å². The maximum Gasteiger partial charge on any atom is 0.255 e. The Morgan fingerprint density at radius 1 is 1.03 bits per heavy atom. The highest BCUT2D eigenvalue weighted by molar-refractivity contribution is 5.97. The van der Waals surface area contributed by atoms with Gasteiger partial charge in [0.15, 0.2) is 0 Å². The van der Waals surface area contributed by atoms with Crippen molar-refractivity contribution < 1.29 is 19.1 Å². The number of nitrogens with one attached hydrogen (secondary N) is 1. The lowest BCUT2D eigenvalue weighted by Gasteiger charge is -2.32. The van der Waals surface area contributed by atoms with Crippen molar-refractivity contribution in [2.75, 3.05) is 26.8 Å². The lowest BCUT2D eigenvalue weighted by Crippen LogP contribution is -2.43. The first-order valence-corrected chi connectivity index (χ1v) is 10.6. The van der Waals surface area contributed by atoms with Crippen LogP contribution in [0.5, 0.6) is 5.75 Å². The molecule has 0 aromatic heterocycles. The van der Waals surface area contributed by atoms with Crippen molar-refractivity contribution >= 4 is 11.8 Å². The molecule has 4 rings (SSSR count). The van der Waals surface area contributed by atoms with Crippen molar-refractivity contribution in [3.63, 3.8) is 0 Å². The number of ether oxygens (including phenoxy) is 2. The first-order chi connectivity index (χ1) is 14.7. The number of benzene rings is 2. The van der Waals surface area contributed by atoms with Crippen LogP contribution >= 0.6 is 0 Å². The van der Waals surface area contributed by atoms with Crippen molar-refractivity contribution in [2.45, 2.75) is 37.8 Å². The highest BCUT2D eigenvalue weighted by atomic mass is 16.5. The van der Waals surface area contributed by atoms with E-state index in [1.165, 1.54) is 18.2 Å². The van der Waals surface area contributed by atoms with Crippen LogP contribution in [0, 0.1) is 0 Å². The van der Waals surface area contributed by atoms with Gasteiger partial charge in [-0.25, -0.2) is 0 Å². The molecule has 0 unspecified atom stereocenters. The molecule has 1 aliphatic carbocycles. The van der Waals surface area contributed by atoms with Crippen LogP contribution in [0.25, 0.3) is 0 Å². The van der Waals surface area contributed by atoms with E-state index in [2.05, 4.69) is 17.4 Å². The van der Waals surface area contributed by atoms with Gasteiger partial charge in [0.1, 0.15) is 18.5 Å². The monoisotopic (exact) mass is 408 g/mol. The standard InChI is InChI=1S/C24H28N2O4/c1-29-16-23(27)26-14-12-18(13-15-26)30-22-9-5-4-8-20(22)24(28)25-21-11-10-17-6-2-3-7-19(17)21/h2-9,18,21H,10-16H2,1H3,(H,25,28)/t21-/m1/s1. The molecule has 1 fully saturated rings. The van der Waals surface area contributed by atoms with Crippen LogP contribution in [0.3, 0.4) is 0 Å². The first-order valence-electron chi connectivity index (χ1n) is 10.6. The Balaban J connectivity index is 1.39. The smallest absolute Gasteiger partial charge is 0.255 e. The van der Waals surface area contributed by atoms with E-state index >= 15 is 0 Å². The number of rotatable bonds is 6. The zero-order chi connectivity index (χ0) is 20.9. The number of fused-ring (bicyclic) bond motifs is 1. The second-order valence-corrected chi connectivity index (χ2v) is 7.89. The molecule has 1 N–H and O–H groups in total. The zero-order valence-electron chi connectivity index (χ0n) is 17.3. The molecule has 6 heteroatoms. The Morgan fingerprint density at radius 3 is 2.57 bits per heavy atom. The molecule has 0 saturated carbocycles. The maximum absolute atomic E-state index is 13.0. The number of para-hydroxylation sites is 1. The number of amides is 2. The molecule has 0 bridgehead atoms. The van der Waals surface area contributed by atoms with Crippen molar-refractivity contribution in [3.8, 4) is 5.75 Å². The predicted molar refractivity (Wildman–Crippen MR) is 114 cm³/mol. The summed E-state index contributed by atoms with van der Waals surface area (Å²) in [5.41, 5.74) is 3.07. The van der Waals surface area contributed by atoms with Crippen molar-refractivity contribution in [1.82, 2.24) is 10.2 Å². The van der Waals surface area contributed by atoms with Gasteiger partial charge in [-0.05, 0) is 36.1 Å². The first kappa shape index (κ1) is 20.4. The van der Waals surface area contributed by atoms with E-state index in [1.807, 2.05) is 36.4 Å². The number of hydrogen-bond acceptors (Lipinski definition) is 4. The van der Waals surface area contributed by atoms with Gasteiger partial charge in [0.05, 0.1) is 11.6 Å². The lowest BCUT2D eigenvalue weighted by molar-refractivity contribution is -0.136. The Hall–Kier alpha value is -2.86. The second-order valence-electron chi connectivity index (χ2n) is 7.89. The molecular weight excluding hydrogens is 380 g/mol. The molecule has 1 aliphatic heterocycles. The molecule has 2 aliphatic rings. The van der Waals surface area contributed by atoms with Crippen LogP contribution in [0.4, 0.5) is 0 Å². The summed E-state index contributed by atoms with van der Waals surface area (Å²) in [6.45, 7) is 1.39. The highest BCUT2D eigenvalue weighted by Gasteiger charge is 2.27. The van der Waals surface area contributed by atoms with E-state index in [0.717, 1.165) is 25.7 Å². The fourth-order valence-corrected chi connectivity index (χ4v) is 4.32. The van der Waals surface area contributed by atoms with Gasteiger partial charge in [-0.3, -0.25) is 9.59 Å². The molecule has 30 heavy (non-hydrogen) atoms.